The number of hydrogen-bond donors (Lipinski definition) is 1. The van der Waals surface area contributed by atoms with Gasteiger partial charge in [-0.25, -0.2) is 9.97 Å². The molecule has 2 heterocycles. The number of carbonyl (C=O) groups excluding carboxylic acids is 1. The van der Waals surface area contributed by atoms with Crippen molar-refractivity contribution < 1.29 is 4.79 Å². The summed E-state index contributed by atoms with van der Waals surface area (Å²) in [5, 5.41) is 2.85. The van der Waals surface area contributed by atoms with E-state index in [9.17, 15) is 9.59 Å². The third-order valence-corrected chi connectivity index (χ3v) is 3.64. The van der Waals surface area contributed by atoms with Crippen LogP contribution in [-0.4, -0.2) is 31.6 Å². The summed E-state index contributed by atoms with van der Waals surface area (Å²) >= 11 is 0. The SMILES string of the molecule is Cc1c(CC(=O)NCCCn2ccnc2)nc(C)n(C)c1=O. The lowest BCUT2D eigenvalue weighted by Gasteiger charge is -2.10. The molecule has 0 unspecified atom stereocenters. The normalized spacial score (nSPS) is 10.7. The summed E-state index contributed by atoms with van der Waals surface area (Å²) in [6.45, 7) is 4.85. The molecule has 0 aromatic carbocycles. The van der Waals surface area contributed by atoms with E-state index in [1.165, 1.54) is 4.57 Å². The van der Waals surface area contributed by atoms with Crippen molar-refractivity contribution in [3.05, 3.63) is 46.2 Å². The summed E-state index contributed by atoms with van der Waals surface area (Å²) < 4.78 is 3.45. The molecule has 0 fully saturated rings. The monoisotopic (exact) mass is 303 g/mol. The number of aromatic nitrogens is 4. The van der Waals surface area contributed by atoms with Crippen LogP contribution in [0.4, 0.5) is 0 Å². The molecular formula is C15H21N5O2. The second-order valence-corrected chi connectivity index (χ2v) is 5.28. The van der Waals surface area contributed by atoms with Gasteiger partial charge < -0.3 is 9.88 Å². The van der Waals surface area contributed by atoms with Crippen LogP contribution in [-0.2, 0) is 24.8 Å². The molecule has 0 saturated heterocycles. The number of nitrogens with zero attached hydrogens (tertiary/aromatic N) is 4. The minimum Gasteiger partial charge on any atom is -0.356 e. The maximum absolute atomic E-state index is 12.0. The van der Waals surface area contributed by atoms with E-state index in [2.05, 4.69) is 15.3 Å². The van der Waals surface area contributed by atoms with Gasteiger partial charge in [0.05, 0.1) is 18.4 Å². The largest absolute Gasteiger partial charge is 0.356 e. The third kappa shape index (κ3) is 3.81. The topological polar surface area (TPSA) is 81.8 Å². The van der Waals surface area contributed by atoms with E-state index in [4.69, 9.17) is 0 Å². The molecule has 0 bridgehead atoms. The Balaban J connectivity index is 1.86. The number of rotatable bonds is 6. The van der Waals surface area contributed by atoms with E-state index in [1.54, 1.807) is 33.4 Å². The molecule has 2 aromatic heterocycles. The molecule has 0 atom stereocenters. The van der Waals surface area contributed by atoms with Crippen molar-refractivity contribution >= 4 is 5.91 Å². The molecule has 1 amide bonds. The molecule has 7 heteroatoms. The fourth-order valence-electron chi connectivity index (χ4n) is 2.17. The zero-order valence-electron chi connectivity index (χ0n) is 13.2. The van der Waals surface area contributed by atoms with Gasteiger partial charge in [-0.05, 0) is 20.3 Å². The van der Waals surface area contributed by atoms with Gasteiger partial charge >= 0.3 is 0 Å². The molecular weight excluding hydrogens is 282 g/mol. The molecule has 0 spiro atoms. The van der Waals surface area contributed by atoms with Crippen molar-refractivity contribution in [2.75, 3.05) is 6.54 Å². The van der Waals surface area contributed by atoms with E-state index in [0.717, 1.165) is 13.0 Å². The Morgan fingerprint density at radius 1 is 1.36 bits per heavy atom. The van der Waals surface area contributed by atoms with Crippen LogP contribution in [0.2, 0.25) is 0 Å². The molecule has 118 valence electrons. The Morgan fingerprint density at radius 2 is 2.14 bits per heavy atom. The van der Waals surface area contributed by atoms with Crippen molar-refractivity contribution in [1.82, 2.24) is 24.4 Å². The zero-order valence-corrected chi connectivity index (χ0v) is 13.2. The molecule has 2 aromatic rings. The summed E-state index contributed by atoms with van der Waals surface area (Å²) in [6.07, 6.45) is 6.32. The number of imidazole rings is 1. The van der Waals surface area contributed by atoms with Gasteiger partial charge in [-0.2, -0.15) is 0 Å². The smallest absolute Gasteiger partial charge is 0.256 e. The Bertz CT molecular complexity index is 703. The maximum atomic E-state index is 12.0. The molecule has 7 nitrogen and oxygen atoms in total. The summed E-state index contributed by atoms with van der Waals surface area (Å²) in [5.41, 5.74) is 0.977. The zero-order chi connectivity index (χ0) is 16.1. The highest BCUT2D eigenvalue weighted by molar-refractivity contribution is 5.78. The predicted octanol–water partition coefficient (Wildman–Crippen LogP) is 0.343. The lowest BCUT2D eigenvalue weighted by atomic mass is 10.2. The second-order valence-electron chi connectivity index (χ2n) is 5.28. The van der Waals surface area contributed by atoms with Crippen LogP contribution in [0.1, 0.15) is 23.5 Å². The van der Waals surface area contributed by atoms with Crippen LogP contribution in [0.3, 0.4) is 0 Å². The lowest BCUT2D eigenvalue weighted by molar-refractivity contribution is -0.120. The van der Waals surface area contributed by atoms with Gasteiger partial charge in [0, 0.05) is 38.1 Å². The average Bonchev–Trinajstić information content (AvgIpc) is 3.00. The van der Waals surface area contributed by atoms with Gasteiger partial charge in [0.15, 0.2) is 0 Å². The Morgan fingerprint density at radius 3 is 2.82 bits per heavy atom. The van der Waals surface area contributed by atoms with Crippen LogP contribution < -0.4 is 10.9 Å². The molecule has 0 radical (unpaired) electrons. The van der Waals surface area contributed by atoms with Crippen molar-refractivity contribution in [3.63, 3.8) is 0 Å². The van der Waals surface area contributed by atoms with Crippen LogP contribution in [0.25, 0.3) is 0 Å². The molecule has 22 heavy (non-hydrogen) atoms. The fraction of sp³-hybridized carbons (Fsp3) is 0.467. The number of aryl methyl sites for hydroxylation is 2. The number of amides is 1. The second kappa shape index (κ2) is 7.02. The molecule has 0 aliphatic carbocycles. The molecule has 1 N–H and O–H groups in total. The first kappa shape index (κ1) is 15.9. The molecule has 0 aliphatic rings. The highest BCUT2D eigenvalue weighted by Gasteiger charge is 2.12. The lowest BCUT2D eigenvalue weighted by Crippen LogP contribution is -2.30. The molecule has 2 rings (SSSR count). The van der Waals surface area contributed by atoms with Crippen LogP contribution in [0.5, 0.6) is 0 Å². The maximum Gasteiger partial charge on any atom is 0.256 e. The van der Waals surface area contributed by atoms with Gasteiger partial charge in [0.25, 0.3) is 5.56 Å². The van der Waals surface area contributed by atoms with Crippen LogP contribution in [0.15, 0.2) is 23.5 Å². The van der Waals surface area contributed by atoms with Gasteiger partial charge in [-0.1, -0.05) is 0 Å². The summed E-state index contributed by atoms with van der Waals surface area (Å²) in [4.78, 5) is 32.2. The van der Waals surface area contributed by atoms with Crippen molar-refractivity contribution in [2.45, 2.75) is 33.2 Å². The Labute approximate surface area is 129 Å². The summed E-state index contributed by atoms with van der Waals surface area (Å²) in [7, 11) is 1.68. The Kier molecular flexibility index (Phi) is 5.08. The minimum absolute atomic E-state index is 0.101. The molecule has 0 saturated carbocycles. The van der Waals surface area contributed by atoms with Gasteiger partial charge in [-0.15, -0.1) is 0 Å². The number of nitrogens with one attached hydrogen (secondary N) is 1. The minimum atomic E-state index is -0.117. The van der Waals surface area contributed by atoms with Crippen LogP contribution in [0, 0.1) is 13.8 Å². The van der Waals surface area contributed by atoms with E-state index in [-0.39, 0.29) is 17.9 Å². The highest BCUT2D eigenvalue weighted by atomic mass is 16.1. The van der Waals surface area contributed by atoms with E-state index < -0.39 is 0 Å². The first-order valence-electron chi connectivity index (χ1n) is 7.24. The highest BCUT2D eigenvalue weighted by Crippen LogP contribution is 2.02. The molecule has 0 aliphatic heterocycles. The summed E-state index contributed by atoms with van der Waals surface area (Å²) in [6, 6.07) is 0. The predicted molar refractivity (Wildman–Crippen MR) is 82.5 cm³/mol. The fourth-order valence-corrected chi connectivity index (χ4v) is 2.17. The van der Waals surface area contributed by atoms with Crippen molar-refractivity contribution in [2.24, 2.45) is 7.05 Å². The first-order chi connectivity index (χ1) is 10.5. The Hall–Kier alpha value is -2.44. The van der Waals surface area contributed by atoms with Gasteiger partial charge in [-0.3, -0.25) is 14.2 Å². The van der Waals surface area contributed by atoms with E-state index in [1.807, 2.05) is 10.8 Å². The third-order valence-electron chi connectivity index (χ3n) is 3.64. The quantitative estimate of drug-likeness (QED) is 0.780. The van der Waals surface area contributed by atoms with Gasteiger partial charge in [0.2, 0.25) is 5.91 Å². The van der Waals surface area contributed by atoms with E-state index in [0.29, 0.717) is 23.6 Å². The standard InChI is InChI=1S/C15H21N5O2/c1-11-13(18-12(2)19(3)15(11)22)9-14(21)17-5-4-7-20-8-6-16-10-20/h6,8,10H,4-5,7,9H2,1-3H3,(H,17,21). The van der Waals surface area contributed by atoms with Crippen molar-refractivity contribution in [3.8, 4) is 0 Å². The van der Waals surface area contributed by atoms with Crippen molar-refractivity contribution in [1.29, 1.82) is 0 Å². The first-order valence-corrected chi connectivity index (χ1v) is 7.24. The van der Waals surface area contributed by atoms with Crippen LogP contribution >= 0.6 is 0 Å². The average molecular weight is 303 g/mol. The number of hydrogen-bond acceptors (Lipinski definition) is 4. The summed E-state index contributed by atoms with van der Waals surface area (Å²) in [5.74, 6) is 0.493. The number of carbonyl (C=O) groups is 1. The van der Waals surface area contributed by atoms with Gasteiger partial charge in [0.1, 0.15) is 5.82 Å². The van der Waals surface area contributed by atoms with E-state index >= 15 is 0 Å².